The van der Waals surface area contributed by atoms with Gasteiger partial charge in [0.25, 0.3) is 11.8 Å². The normalized spacial score (nSPS) is 11.3. The van der Waals surface area contributed by atoms with Crippen molar-refractivity contribution in [1.29, 1.82) is 0 Å². The summed E-state index contributed by atoms with van der Waals surface area (Å²) in [5.41, 5.74) is 2.89. The van der Waals surface area contributed by atoms with Crippen LogP contribution in [0.3, 0.4) is 0 Å². The summed E-state index contributed by atoms with van der Waals surface area (Å²) in [6.07, 6.45) is 0. The van der Waals surface area contributed by atoms with Crippen molar-refractivity contribution in [2.24, 2.45) is 0 Å². The number of hydrogen-bond donors (Lipinski definition) is 3. The van der Waals surface area contributed by atoms with Crippen LogP contribution in [-0.2, 0) is 4.79 Å². The maximum atomic E-state index is 13.6. The van der Waals surface area contributed by atoms with E-state index in [-0.39, 0.29) is 17.7 Å². The van der Waals surface area contributed by atoms with Gasteiger partial charge in [-0.15, -0.1) is 0 Å². The van der Waals surface area contributed by atoms with Crippen molar-refractivity contribution < 1.29 is 23.2 Å². The van der Waals surface area contributed by atoms with Gasteiger partial charge in [-0.3, -0.25) is 14.4 Å². The molecule has 3 aromatic carbocycles. The van der Waals surface area contributed by atoms with Crippen molar-refractivity contribution in [3.63, 3.8) is 0 Å². The summed E-state index contributed by atoms with van der Waals surface area (Å²) in [6.45, 7) is 5.90. The van der Waals surface area contributed by atoms with Gasteiger partial charge in [-0.25, -0.2) is 4.39 Å². The Hall–Kier alpha value is -4.66. The number of benzene rings is 3. The first-order valence-corrected chi connectivity index (χ1v) is 12.9. The molecule has 3 N–H and O–H groups in total. The molecule has 0 fully saturated rings. The molecule has 4 rings (SSSR count). The number of nitrogens with zero attached hydrogens (tertiary/aromatic N) is 1. The molecule has 0 unspecified atom stereocenters. The summed E-state index contributed by atoms with van der Waals surface area (Å²) in [6, 6.07) is 16.5. The lowest BCUT2D eigenvalue weighted by Crippen LogP contribution is -2.54. The van der Waals surface area contributed by atoms with Crippen LogP contribution in [0.2, 0.25) is 0 Å². The van der Waals surface area contributed by atoms with Crippen LogP contribution in [0.5, 0.6) is 0 Å². The molecule has 0 saturated heterocycles. The third-order valence-electron chi connectivity index (χ3n) is 6.56. The number of fused-ring (bicyclic) bond motifs is 1. The van der Waals surface area contributed by atoms with E-state index in [2.05, 4.69) is 16.0 Å². The van der Waals surface area contributed by atoms with Gasteiger partial charge in [0.15, 0.2) is 0 Å². The van der Waals surface area contributed by atoms with E-state index in [4.69, 9.17) is 4.42 Å². The second-order valence-corrected chi connectivity index (χ2v) is 10.2. The number of carbonyl (C=O) groups excluding carboxylic acids is 3. The molecule has 3 amide bonds. The van der Waals surface area contributed by atoms with Crippen molar-refractivity contribution in [3.8, 4) is 22.5 Å². The maximum Gasteiger partial charge on any atom is 0.255 e. The molecular weight excluding hydrogens is 511 g/mol. The van der Waals surface area contributed by atoms with Crippen LogP contribution in [0.15, 0.2) is 65.1 Å². The second-order valence-electron chi connectivity index (χ2n) is 10.2. The molecule has 0 saturated carbocycles. The lowest BCUT2D eigenvalue weighted by molar-refractivity contribution is -0.134. The minimum Gasteiger partial charge on any atom is -0.455 e. The smallest absolute Gasteiger partial charge is 0.255 e. The van der Waals surface area contributed by atoms with Gasteiger partial charge >= 0.3 is 0 Å². The largest absolute Gasteiger partial charge is 0.455 e. The highest BCUT2D eigenvalue weighted by Crippen LogP contribution is 2.40. The molecule has 0 aliphatic heterocycles. The van der Waals surface area contributed by atoms with E-state index in [1.165, 1.54) is 24.1 Å². The van der Waals surface area contributed by atoms with Gasteiger partial charge in [0.05, 0.1) is 5.56 Å². The van der Waals surface area contributed by atoms with Crippen LogP contribution in [0.1, 0.15) is 41.5 Å². The SMILES string of the molecule is CCNc1cc2oc(-c3ccc(F)cc3)c(C(=O)NC)c2cc1-c1cccc(C(=O)NC(C)(C)C(=O)N(C)C)c1. The lowest BCUT2D eigenvalue weighted by Gasteiger charge is -2.28. The first-order chi connectivity index (χ1) is 19.0. The molecule has 0 bridgehead atoms. The molecule has 8 nitrogen and oxygen atoms in total. The fourth-order valence-electron chi connectivity index (χ4n) is 4.67. The highest BCUT2D eigenvalue weighted by Gasteiger charge is 2.31. The summed E-state index contributed by atoms with van der Waals surface area (Å²) in [5.74, 6) is -1.02. The van der Waals surface area contributed by atoms with Crippen molar-refractivity contribution >= 4 is 34.4 Å². The van der Waals surface area contributed by atoms with Crippen LogP contribution in [0.4, 0.5) is 10.1 Å². The van der Waals surface area contributed by atoms with Crippen LogP contribution < -0.4 is 16.0 Å². The van der Waals surface area contributed by atoms with E-state index in [1.807, 2.05) is 25.1 Å². The van der Waals surface area contributed by atoms with Crippen molar-refractivity contribution in [2.75, 3.05) is 33.0 Å². The van der Waals surface area contributed by atoms with E-state index in [0.29, 0.717) is 40.0 Å². The van der Waals surface area contributed by atoms with Gasteiger partial charge in [0.1, 0.15) is 22.7 Å². The Morgan fingerprint density at radius 3 is 2.27 bits per heavy atom. The average molecular weight is 545 g/mol. The summed E-state index contributed by atoms with van der Waals surface area (Å²) < 4.78 is 19.8. The monoisotopic (exact) mass is 544 g/mol. The molecule has 4 aromatic rings. The standard InChI is InChI=1S/C31H33FN4O4/c1-7-34-24-17-25-23(26(29(38)33-4)27(40-25)18-11-13-21(32)14-12-18)16-22(24)19-9-8-10-20(15-19)28(37)35-31(2,3)30(39)36(5)6/h8-17,34H,7H2,1-6H3,(H,33,38)(H,35,37). The van der Waals surface area contributed by atoms with Crippen LogP contribution in [0, 0.1) is 5.82 Å². The van der Waals surface area contributed by atoms with Gasteiger partial charge in [0.2, 0.25) is 5.91 Å². The van der Waals surface area contributed by atoms with Crippen LogP contribution in [0.25, 0.3) is 33.4 Å². The number of hydrogen-bond acceptors (Lipinski definition) is 5. The summed E-state index contributed by atoms with van der Waals surface area (Å²) in [5, 5.41) is 9.40. The Kier molecular flexibility index (Phi) is 7.95. The number of nitrogens with one attached hydrogen (secondary N) is 3. The Balaban J connectivity index is 1.84. The molecule has 0 aliphatic rings. The zero-order valence-corrected chi connectivity index (χ0v) is 23.4. The number of amides is 3. The molecule has 0 spiro atoms. The topological polar surface area (TPSA) is 104 Å². The predicted octanol–water partition coefficient (Wildman–Crippen LogP) is 5.29. The molecule has 0 atom stereocenters. The number of halogens is 1. The Morgan fingerprint density at radius 1 is 0.950 bits per heavy atom. The molecular formula is C31H33FN4O4. The Labute approximate surface area is 232 Å². The van der Waals surface area contributed by atoms with Crippen molar-refractivity contribution in [1.82, 2.24) is 15.5 Å². The van der Waals surface area contributed by atoms with E-state index in [9.17, 15) is 18.8 Å². The third kappa shape index (κ3) is 5.54. The number of rotatable bonds is 8. The zero-order chi connectivity index (χ0) is 29.2. The van der Waals surface area contributed by atoms with E-state index >= 15 is 0 Å². The molecule has 9 heteroatoms. The molecule has 208 valence electrons. The summed E-state index contributed by atoms with van der Waals surface area (Å²) in [7, 11) is 4.81. The van der Waals surface area contributed by atoms with Crippen molar-refractivity contribution in [3.05, 3.63) is 77.6 Å². The molecule has 40 heavy (non-hydrogen) atoms. The van der Waals surface area contributed by atoms with E-state index in [1.54, 1.807) is 58.3 Å². The first kappa shape index (κ1) is 28.4. The fourth-order valence-corrected chi connectivity index (χ4v) is 4.67. The summed E-state index contributed by atoms with van der Waals surface area (Å²) >= 11 is 0. The second kappa shape index (κ2) is 11.2. The lowest BCUT2D eigenvalue weighted by atomic mass is 9.96. The van der Waals surface area contributed by atoms with Gasteiger partial charge < -0.3 is 25.3 Å². The van der Waals surface area contributed by atoms with Crippen LogP contribution >= 0.6 is 0 Å². The minimum atomic E-state index is -1.10. The van der Waals surface area contributed by atoms with Crippen LogP contribution in [-0.4, -0.2) is 55.8 Å². The molecule has 1 heterocycles. The zero-order valence-electron chi connectivity index (χ0n) is 23.4. The van der Waals surface area contributed by atoms with Gasteiger partial charge in [-0.05, 0) is 68.8 Å². The summed E-state index contributed by atoms with van der Waals surface area (Å²) in [4.78, 5) is 40.2. The highest BCUT2D eigenvalue weighted by atomic mass is 19.1. The first-order valence-electron chi connectivity index (χ1n) is 12.9. The number of likely N-dealkylation sites (N-methyl/N-ethyl adjacent to an activating group) is 1. The quantitative estimate of drug-likeness (QED) is 0.280. The number of carbonyl (C=O) groups is 3. The third-order valence-corrected chi connectivity index (χ3v) is 6.56. The molecule has 0 radical (unpaired) electrons. The van der Waals surface area contributed by atoms with Gasteiger partial charge in [-0.2, -0.15) is 0 Å². The number of furan rings is 1. The highest BCUT2D eigenvalue weighted by molar-refractivity contribution is 6.13. The minimum absolute atomic E-state index is 0.226. The van der Waals surface area contributed by atoms with E-state index in [0.717, 1.165) is 16.8 Å². The maximum absolute atomic E-state index is 13.6. The predicted molar refractivity (Wildman–Crippen MR) is 155 cm³/mol. The van der Waals surface area contributed by atoms with E-state index < -0.39 is 11.4 Å². The average Bonchev–Trinajstić information content (AvgIpc) is 3.30. The Morgan fingerprint density at radius 2 is 1.65 bits per heavy atom. The van der Waals surface area contributed by atoms with Gasteiger partial charge in [-0.1, -0.05) is 12.1 Å². The van der Waals surface area contributed by atoms with Gasteiger partial charge in [0, 0.05) is 61.5 Å². The molecule has 0 aliphatic carbocycles. The molecule has 1 aromatic heterocycles. The fraction of sp³-hybridized carbons (Fsp3) is 0.258. The Bertz CT molecular complexity index is 1590. The van der Waals surface area contributed by atoms with Crippen molar-refractivity contribution in [2.45, 2.75) is 26.3 Å². The number of anilines is 1.